The fourth-order valence-electron chi connectivity index (χ4n) is 5.96. The number of ether oxygens (including phenoxy) is 2. The molecular weight excluding hydrogens is 538 g/mol. The molecule has 1 aliphatic heterocycles. The van der Waals surface area contributed by atoms with Gasteiger partial charge in [0.1, 0.15) is 17.3 Å². The number of fused-ring (bicyclic) bond motifs is 1. The molecule has 2 fully saturated rings. The highest BCUT2D eigenvalue weighted by molar-refractivity contribution is 6.01. The Kier molecular flexibility index (Phi) is 8.04. The lowest BCUT2D eigenvalue weighted by atomic mass is 9.88. The Morgan fingerprint density at radius 1 is 1.02 bits per heavy atom. The zero-order valence-electron chi connectivity index (χ0n) is 25.2. The van der Waals surface area contributed by atoms with E-state index in [0.29, 0.717) is 34.3 Å². The third-order valence-corrected chi connectivity index (χ3v) is 8.09. The number of carbonyl (C=O) groups excluding carboxylic acids is 4. The van der Waals surface area contributed by atoms with Crippen LogP contribution < -0.4 is 10.6 Å². The lowest BCUT2D eigenvalue weighted by Crippen LogP contribution is -2.50. The van der Waals surface area contributed by atoms with E-state index in [2.05, 4.69) is 15.7 Å². The first-order valence-corrected chi connectivity index (χ1v) is 14.7. The number of hydrogen-bond donors (Lipinski definition) is 2. The fraction of sp³-hybridized carbons (Fsp3) is 0.581. The van der Waals surface area contributed by atoms with E-state index in [4.69, 9.17) is 9.47 Å². The van der Waals surface area contributed by atoms with Crippen LogP contribution in [0, 0.1) is 17.8 Å². The number of nitrogens with zero attached hydrogens (tertiary/aromatic N) is 3. The lowest BCUT2D eigenvalue weighted by Gasteiger charge is -2.28. The Hall–Kier alpha value is -3.89. The number of aromatic nitrogens is 2. The van der Waals surface area contributed by atoms with E-state index in [9.17, 15) is 19.2 Å². The molecule has 1 aromatic heterocycles. The molecule has 2 heterocycles. The van der Waals surface area contributed by atoms with Crippen molar-refractivity contribution in [1.29, 1.82) is 0 Å². The van der Waals surface area contributed by atoms with Crippen molar-refractivity contribution in [3.8, 4) is 0 Å². The van der Waals surface area contributed by atoms with E-state index in [1.807, 2.05) is 13.8 Å². The summed E-state index contributed by atoms with van der Waals surface area (Å²) in [6.45, 7) is 9.31. The van der Waals surface area contributed by atoms with Gasteiger partial charge in [-0.25, -0.2) is 9.59 Å². The Morgan fingerprint density at radius 2 is 1.69 bits per heavy atom. The SMILES string of the molecule is COC(=O)C1c2ccc(NC(=O)[C@@H](NC(=O)c3ccnn3C(C)C)C(C3CC3)C3CC3)cc2CN1C(=O)OC(C)(C)C. The fourth-order valence-corrected chi connectivity index (χ4v) is 5.96. The van der Waals surface area contributed by atoms with Crippen LogP contribution >= 0.6 is 0 Å². The molecule has 42 heavy (non-hydrogen) atoms. The highest BCUT2D eigenvalue weighted by Crippen LogP contribution is 2.51. The topological polar surface area (TPSA) is 132 Å². The Bertz CT molecular complexity index is 1360. The molecule has 2 saturated carbocycles. The molecule has 2 atom stereocenters. The van der Waals surface area contributed by atoms with E-state index >= 15 is 0 Å². The monoisotopic (exact) mass is 579 g/mol. The number of amides is 3. The molecule has 11 nitrogen and oxygen atoms in total. The summed E-state index contributed by atoms with van der Waals surface area (Å²) in [4.78, 5) is 54.3. The number of benzene rings is 1. The first-order chi connectivity index (χ1) is 19.9. The van der Waals surface area contributed by atoms with E-state index in [-0.39, 0.29) is 30.3 Å². The molecule has 1 aromatic carbocycles. The summed E-state index contributed by atoms with van der Waals surface area (Å²) in [6.07, 6.45) is 5.19. The zero-order valence-corrected chi connectivity index (χ0v) is 25.2. The molecule has 0 radical (unpaired) electrons. The smallest absolute Gasteiger partial charge is 0.411 e. The van der Waals surface area contributed by atoms with Gasteiger partial charge in [0.15, 0.2) is 6.04 Å². The molecule has 2 aromatic rings. The second-order valence-corrected chi connectivity index (χ2v) is 12.9. The summed E-state index contributed by atoms with van der Waals surface area (Å²) in [5.41, 5.74) is 1.52. The zero-order chi connectivity index (χ0) is 30.3. The number of nitrogens with one attached hydrogen (secondary N) is 2. The van der Waals surface area contributed by atoms with Crippen molar-refractivity contribution in [3.63, 3.8) is 0 Å². The van der Waals surface area contributed by atoms with Gasteiger partial charge >= 0.3 is 12.1 Å². The first kappa shape index (κ1) is 29.6. The number of rotatable bonds is 9. The Morgan fingerprint density at radius 3 is 2.26 bits per heavy atom. The second-order valence-electron chi connectivity index (χ2n) is 12.9. The standard InChI is InChI=1S/C31H41N5O6/c1-17(2)36-23(13-14-32-36)27(37)34-25(24(18-7-8-18)19-9-10-19)28(38)33-21-11-12-22-20(15-21)16-35(26(22)29(39)41-6)30(40)42-31(3,4)5/h11-15,17-19,24-26H,7-10,16H2,1-6H3,(H,33,38)(H,34,37)/t25-,26?/m0/s1. The number of methoxy groups -OCH3 is 1. The van der Waals surface area contributed by atoms with Gasteiger partial charge < -0.3 is 20.1 Å². The highest BCUT2D eigenvalue weighted by atomic mass is 16.6. The minimum Gasteiger partial charge on any atom is -0.467 e. The molecule has 0 bridgehead atoms. The van der Waals surface area contributed by atoms with Gasteiger partial charge in [-0.3, -0.25) is 19.2 Å². The Labute approximate surface area is 246 Å². The maximum atomic E-state index is 13.9. The number of hydrogen-bond acceptors (Lipinski definition) is 7. The molecule has 0 spiro atoms. The largest absolute Gasteiger partial charge is 0.467 e. The van der Waals surface area contributed by atoms with Gasteiger partial charge in [0.25, 0.3) is 5.91 Å². The maximum Gasteiger partial charge on any atom is 0.411 e. The van der Waals surface area contributed by atoms with Crippen LogP contribution in [0.25, 0.3) is 0 Å². The van der Waals surface area contributed by atoms with Crippen molar-refractivity contribution in [2.75, 3.05) is 12.4 Å². The molecule has 2 aliphatic carbocycles. The molecule has 5 rings (SSSR count). The van der Waals surface area contributed by atoms with E-state index < -0.39 is 29.7 Å². The summed E-state index contributed by atoms with van der Waals surface area (Å²) >= 11 is 0. The molecule has 11 heteroatoms. The van der Waals surface area contributed by atoms with Crippen LogP contribution in [0.3, 0.4) is 0 Å². The van der Waals surface area contributed by atoms with Crippen molar-refractivity contribution in [2.45, 2.75) is 90.6 Å². The predicted molar refractivity (Wildman–Crippen MR) is 154 cm³/mol. The molecular formula is C31H41N5O6. The summed E-state index contributed by atoms with van der Waals surface area (Å²) in [5.74, 6) is -0.301. The van der Waals surface area contributed by atoms with Crippen molar-refractivity contribution < 1.29 is 28.7 Å². The van der Waals surface area contributed by atoms with Gasteiger partial charge in [-0.05, 0) is 107 Å². The van der Waals surface area contributed by atoms with E-state index in [0.717, 1.165) is 25.7 Å². The minimum absolute atomic E-state index is 0.00355. The molecule has 2 N–H and O–H groups in total. The summed E-state index contributed by atoms with van der Waals surface area (Å²) in [6, 6.07) is 5.22. The second kappa shape index (κ2) is 11.4. The van der Waals surface area contributed by atoms with Crippen molar-refractivity contribution in [2.24, 2.45) is 17.8 Å². The van der Waals surface area contributed by atoms with Crippen molar-refractivity contribution in [3.05, 3.63) is 47.3 Å². The van der Waals surface area contributed by atoms with Gasteiger partial charge in [-0.2, -0.15) is 5.10 Å². The number of carbonyl (C=O) groups is 4. The van der Waals surface area contributed by atoms with Crippen LogP contribution in [0.5, 0.6) is 0 Å². The highest BCUT2D eigenvalue weighted by Gasteiger charge is 2.48. The van der Waals surface area contributed by atoms with Gasteiger partial charge in [0.2, 0.25) is 5.91 Å². The molecule has 0 saturated heterocycles. The van der Waals surface area contributed by atoms with Crippen LogP contribution in [0.2, 0.25) is 0 Å². The summed E-state index contributed by atoms with van der Waals surface area (Å²) < 4.78 is 12.2. The van der Waals surface area contributed by atoms with Gasteiger partial charge in [-0.1, -0.05) is 6.07 Å². The van der Waals surface area contributed by atoms with Crippen LogP contribution in [-0.4, -0.2) is 57.3 Å². The predicted octanol–water partition coefficient (Wildman–Crippen LogP) is 4.60. The maximum absolute atomic E-state index is 13.9. The molecule has 3 amide bonds. The number of anilines is 1. The quantitative estimate of drug-likeness (QED) is 0.415. The lowest BCUT2D eigenvalue weighted by molar-refractivity contribution is -0.146. The van der Waals surface area contributed by atoms with Crippen molar-refractivity contribution in [1.82, 2.24) is 20.0 Å². The summed E-state index contributed by atoms with van der Waals surface area (Å²) in [7, 11) is 1.28. The van der Waals surface area contributed by atoms with Crippen molar-refractivity contribution >= 4 is 29.6 Å². The first-order valence-electron chi connectivity index (χ1n) is 14.7. The van der Waals surface area contributed by atoms with E-state index in [1.165, 1.54) is 12.0 Å². The van der Waals surface area contributed by atoms with Gasteiger partial charge in [0.05, 0.1) is 13.7 Å². The van der Waals surface area contributed by atoms with Crippen LogP contribution in [0.4, 0.5) is 10.5 Å². The average molecular weight is 580 g/mol. The molecule has 1 unspecified atom stereocenters. The van der Waals surface area contributed by atoms with Crippen LogP contribution in [0.1, 0.15) is 94.0 Å². The summed E-state index contributed by atoms with van der Waals surface area (Å²) in [5, 5.41) is 10.4. The van der Waals surface area contributed by atoms with Gasteiger partial charge in [0, 0.05) is 17.9 Å². The third-order valence-electron chi connectivity index (χ3n) is 8.09. The van der Waals surface area contributed by atoms with Gasteiger partial charge in [-0.15, -0.1) is 0 Å². The Balaban J connectivity index is 1.38. The average Bonchev–Trinajstić information content (AvgIpc) is 3.85. The third kappa shape index (κ3) is 6.29. The number of esters is 1. The van der Waals surface area contributed by atoms with Crippen LogP contribution in [0.15, 0.2) is 30.5 Å². The van der Waals surface area contributed by atoms with Crippen LogP contribution in [-0.2, 0) is 25.6 Å². The molecule has 3 aliphatic rings. The normalized spacial score (nSPS) is 19.0. The molecule has 226 valence electrons. The minimum atomic E-state index is -0.948. The van der Waals surface area contributed by atoms with E-state index in [1.54, 1.807) is 55.9 Å².